The molecule has 0 atom stereocenters. The highest BCUT2D eigenvalue weighted by molar-refractivity contribution is 6.42. The second-order valence-electron chi connectivity index (χ2n) is 3.01. The summed E-state index contributed by atoms with van der Waals surface area (Å²) in [5, 5.41) is 1.64. The molecule has 2 nitrogen and oxygen atoms in total. The molecule has 0 radical (unpaired) electrons. The molecule has 0 fully saturated rings. The minimum Gasteiger partial charge on any atom is -0.423 e. The van der Waals surface area contributed by atoms with Crippen LogP contribution in [0.2, 0.25) is 10.0 Å². The summed E-state index contributed by atoms with van der Waals surface area (Å²) >= 11 is 11.6. The van der Waals surface area contributed by atoms with Gasteiger partial charge in [-0.25, -0.2) is 4.79 Å². The van der Waals surface area contributed by atoms with Crippen molar-refractivity contribution >= 4 is 34.2 Å². The van der Waals surface area contributed by atoms with Gasteiger partial charge in [-0.1, -0.05) is 23.2 Å². The van der Waals surface area contributed by atoms with Gasteiger partial charge in [-0.2, -0.15) is 0 Å². The molecule has 0 aliphatic rings. The Kier molecular flexibility index (Phi) is 2.25. The normalized spacial score (nSPS) is 10.8. The number of benzene rings is 1. The lowest BCUT2D eigenvalue weighted by Gasteiger charge is -2.01. The summed E-state index contributed by atoms with van der Waals surface area (Å²) in [5.41, 5.74) is 0.910. The predicted molar refractivity (Wildman–Crippen MR) is 57.2 cm³/mol. The number of hydrogen-bond donors (Lipinski definition) is 0. The minimum absolute atomic E-state index is 0.381. The molecule has 14 heavy (non-hydrogen) atoms. The summed E-state index contributed by atoms with van der Waals surface area (Å²) in [6, 6.07) is 4.66. The summed E-state index contributed by atoms with van der Waals surface area (Å²) in [4.78, 5) is 11.1. The third kappa shape index (κ3) is 1.51. The Morgan fingerprint density at radius 3 is 2.50 bits per heavy atom. The van der Waals surface area contributed by atoms with Crippen LogP contribution in [-0.2, 0) is 0 Å². The summed E-state index contributed by atoms with van der Waals surface area (Å²) in [6.07, 6.45) is 0. The Bertz CT molecular complexity index is 558. The zero-order valence-corrected chi connectivity index (χ0v) is 8.82. The maximum Gasteiger partial charge on any atom is 0.336 e. The average molecular weight is 229 g/mol. The molecule has 0 aliphatic heterocycles. The van der Waals surface area contributed by atoms with Gasteiger partial charge in [-0.3, -0.25) is 0 Å². The Morgan fingerprint density at radius 2 is 1.79 bits per heavy atom. The molecule has 0 saturated heterocycles. The largest absolute Gasteiger partial charge is 0.423 e. The van der Waals surface area contributed by atoms with Gasteiger partial charge in [0.2, 0.25) is 0 Å². The van der Waals surface area contributed by atoms with Gasteiger partial charge >= 0.3 is 5.63 Å². The molecular formula is C10H6Cl2O2. The number of hydrogen-bond acceptors (Lipinski definition) is 2. The third-order valence-electron chi connectivity index (χ3n) is 1.99. The van der Waals surface area contributed by atoms with Crippen LogP contribution < -0.4 is 5.63 Å². The van der Waals surface area contributed by atoms with Crippen LogP contribution >= 0.6 is 23.2 Å². The van der Waals surface area contributed by atoms with E-state index in [0.29, 0.717) is 15.6 Å². The molecule has 1 heterocycles. The summed E-state index contributed by atoms with van der Waals surface area (Å²) < 4.78 is 4.98. The van der Waals surface area contributed by atoms with Crippen molar-refractivity contribution in [3.63, 3.8) is 0 Å². The Morgan fingerprint density at radius 1 is 1.14 bits per heavy atom. The smallest absolute Gasteiger partial charge is 0.336 e. The van der Waals surface area contributed by atoms with E-state index in [1.807, 2.05) is 6.92 Å². The first kappa shape index (κ1) is 9.56. The quantitative estimate of drug-likeness (QED) is 0.648. The van der Waals surface area contributed by atoms with Gasteiger partial charge in [0, 0.05) is 17.5 Å². The SMILES string of the molecule is Cc1cc(=O)oc2cc(Cl)c(Cl)cc12. The van der Waals surface area contributed by atoms with Crippen LogP contribution in [0, 0.1) is 6.92 Å². The monoisotopic (exact) mass is 228 g/mol. The zero-order valence-electron chi connectivity index (χ0n) is 7.30. The van der Waals surface area contributed by atoms with Gasteiger partial charge in [-0.15, -0.1) is 0 Å². The number of rotatable bonds is 0. The molecule has 0 amide bonds. The number of halogens is 2. The maximum atomic E-state index is 11.1. The molecule has 0 bridgehead atoms. The van der Waals surface area contributed by atoms with Crippen molar-refractivity contribution < 1.29 is 4.42 Å². The predicted octanol–water partition coefficient (Wildman–Crippen LogP) is 3.41. The highest BCUT2D eigenvalue weighted by Crippen LogP contribution is 2.28. The fourth-order valence-electron chi connectivity index (χ4n) is 1.31. The van der Waals surface area contributed by atoms with Crippen molar-refractivity contribution in [2.24, 2.45) is 0 Å². The van der Waals surface area contributed by atoms with E-state index in [1.54, 1.807) is 12.1 Å². The number of aryl methyl sites for hydroxylation is 1. The van der Waals surface area contributed by atoms with Crippen molar-refractivity contribution in [1.29, 1.82) is 0 Å². The molecule has 0 unspecified atom stereocenters. The van der Waals surface area contributed by atoms with E-state index in [9.17, 15) is 4.79 Å². The Balaban J connectivity index is 2.96. The topological polar surface area (TPSA) is 30.2 Å². The van der Waals surface area contributed by atoms with Crippen molar-refractivity contribution in [2.45, 2.75) is 6.92 Å². The molecule has 72 valence electrons. The highest BCUT2D eigenvalue weighted by Gasteiger charge is 2.05. The first-order valence-electron chi connectivity index (χ1n) is 3.97. The van der Waals surface area contributed by atoms with Crippen LogP contribution in [0.4, 0.5) is 0 Å². The lowest BCUT2D eigenvalue weighted by atomic mass is 10.1. The van der Waals surface area contributed by atoms with Crippen LogP contribution in [0.15, 0.2) is 27.4 Å². The molecule has 2 aromatic rings. The van der Waals surface area contributed by atoms with E-state index in [4.69, 9.17) is 27.6 Å². The van der Waals surface area contributed by atoms with Crippen molar-refractivity contribution in [3.8, 4) is 0 Å². The average Bonchev–Trinajstić information content (AvgIpc) is 2.08. The molecule has 0 saturated carbocycles. The van der Waals surface area contributed by atoms with Gasteiger partial charge in [0.15, 0.2) is 0 Å². The molecule has 4 heteroatoms. The zero-order chi connectivity index (χ0) is 10.3. The van der Waals surface area contributed by atoms with Crippen LogP contribution in [-0.4, -0.2) is 0 Å². The van der Waals surface area contributed by atoms with Crippen molar-refractivity contribution in [3.05, 3.63) is 44.2 Å². The first-order valence-corrected chi connectivity index (χ1v) is 4.73. The fourth-order valence-corrected chi connectivity index (χ4v) is 1.63. The molecule has 1 aromatic heterocycles. The number of fused-ring (bicyclic) bond motifs is 1. The van der Waals surface area contributed by atoms with E-state index in [1.165, 1.54) is 6.07 Å². The van der Waals surface area contributed by atoms with Gasteiger partial charge in [0.25, 0.3) is 0 Å². The van der Waals surface area contributed by atoms with Crippen molar-refractivity contribution in [1.82, 2.24) is 0 Å². The van der Waals surface area contributed by atoms with E-state index < -0.39 is 0 Å². The van der Waals surface area contributed by atoms with Gasteiger partial charge < -0.3 is 4.42 Å². The van der Waals surface area contributed by atoms with E-state index in [0.717, 1.165) is 10.9 Å². The van der Waals surface area contributed by atoms with Crippen LogP contribution in [0.1, 0.15) is 5.56 Å². The molecule has 0 N–H and O–H groups in total. The van der Waals surface area contributed by atoms with Gasteiger partial charge in [0.05, 0.1) is 10.0 Å². The van der Waals surface area contributed by atoms with E-state index in [-0.39, 0.29) is 5.63 Å². The molecule has 0 aliphatic carbocycles. The summed E-state index contributed by atoms with van der Waals surface area (Å²) in [7, 11) is 0. The third-order valence-corrected chi connectivity index (χ3v) is 2.71. The highest BCUT2D eigenvalue weighted by atomic mass is 35.5. The van der Waals surface area contributed by atoms with Crippen LogP contribution in [0.5, 0.6) is 0 Å². The van der Waals surface area contributed by atoms with Gasteiger partial charge in [0.1, 0.15) is 5.58 Å². The lowest BCUT2D eigenvalue weighted by molar-refractivity contribution is 0.560. The van der Waals surface area contributed by atoms with E-state index in [2.05, 4.69) is 0 Å². The second kappa shape index (κ2) is 3.30. The standard InChI is InChI=1S/C10H6Cl2O2/c1-5-2-10(13)14-9-4-8(12)7(11)3-6(5)9/h2-4H,1H3. The summed E-state index contributed by atoms with van der Waals surface area (Å²) in [6.45, 7) is 1.82. The van der Waals surface area contributed by atoms with Gasteiger partial charge in [-0.05, 0) is 18.6 Å². The maximum absolute atomic E-state index is 11.1. The fraction of sp³-hybridized carbons (Fsp3) is 0.100. The summed E-state index contributed by atoms with van der Waals surface area (Å²) in [5.74, 6) is 0. The molecule has 1 aromatic carbocycles. The Hall–Kier alpha value is -0.990. The van der Waals surface area contributed by atoms with Crippen LogP contribution in [0.3, 0.4) is 0 Å². The first-order chi connectivity index (χ1) is 6.58. The molecule has 2 rings (SSSR count). The lowest BCUT2D eigenvalue weighted by Crippen LogP contribution is -1.97. The van der Waals surface area contributed by atoms with Crippen molar-refractivity contribution in [2.75, 3.05) is 0 Å². The second-order valence-corrected chi connectivity index (χ2v) is 3.83. The van der Waals surface area contributed by atoms with E-state index >= 15 is 0 Å². The Labute approximate surface area is 90.1 Å². The molecular weight excluding hydrogens is 223 g/mol. The molecule has 0 spiro atoms. The minimum atomic E-state index is -0.381. The van der Waals surface area contributed by atoms with Crippen LogP contribution in [0.25, 0.3) is 11.0 Å².